The minimum Gasteiger partial charge on any atom is -0.463 e. The molecule has 9 heteroatoms. The number of halogens is 2. The highest BCUT2D eigenvalue weighted by Gasteiger charge is 2.28. The number of esters is 2. The van der Waals surface area contributed by atoms with Crippen molar-refractivity contribution >= 4 is 29.2 Å². The first-order valence-corrected chi connectivity index (χ1v) is 6.73. The van der Waals surface area contributed by atoms with E-state index in [1.165, 1.54) is 6.92 Å². The zero-order chi connectivity index (χ0) is 17.7. The zero-order valence-electron chi connectivity index (χ0n) is 12.3. The van der Waals surface area contributed by atoms with Crippen molar-refractivity contribution in [1.82, 2.24) is 0 Å². The van der Waals surface area contributed by atoms with Gasteiger partial charge >= 0.3 is 17.6 Å². The molecular weight excluding hydrogens is 333 g/mol. The van der Waals surface area contributed by atoms with Crippen molar-refractivity contribution in [3.05, 3.63) is 50.8 Å². The van der Waals surface area contributed by atoms with Crippen LogP contribution in [-0.4, -0.2) is 29.6 Å². The van der Waals surface area contributed by atoms with Gasteiger partial charge in [0.15, 0.2) is 0 Å². The van der Waals surface area contributed by atoms with Crippen LogP contribution in [-0.2, 0) is 14.3 Å². The second-order valence-corrected chi connectivity index (χ2v) is 4.83. The standard InChI is InChI=1S/C14H13ClFNO6/c1-4-22-14(19)12(7(2)3)23-13(18)8-5-11(17(20)21)10(16)6-9(8)15/h5-6,12H,2,4H2,1,3H3. The van der Waals surface area contributed by atoms with E-state index in [9.17, 15) is 24.1 Å². The maximum Gasteiger partial charge on any atom is 0.351 e. The van der Waals surface area contributed by atoms with Gasteiger partial charge in [0.1, 0.15) is 0 Å². The van der Waals surface area contributed by atoms with Crippen LogP contribution in [0.25, 0.3) is 0 Å². The number of ether oxygens (including phenoxy) is 2. The lowest BCUT2D eigenvalue weighted by molar-refractivity contribution is -0.387. The van der Waals surface area contributed by atoms with Gasteiger partial charge in [0.05, 0.1) is 22.1 Å². The van der Waals surface area contributed by atoms with Crippen molar-refractivity contribution in [2.75, 3.05) is 6.61 Å². The fraction of sp³-hybridized carbons (Fsp3) is 0.286. The minimum atomic E-state index is -1.40. The Morgan fingerprint density at radius 3 is 2.57 bits per heavy atom. The van der Waals surface area contributed by atoms with E-state index in [1.54, 1.807) is 6.92 Å². The van der Waals surface area contributed by atoms with Gasteiger partial charge < -0.3 is 9.47 Å². The fourth-order valence-corrected chi connectivity index (χ4v) is 1.80. The van der Waals surface area contributed by atoms with Crippen molar-refractivity contribution in [3.63, 3.8) is 0 Å². The summed E-state index contributed by atoms with van der Waals surface area (Å²) in [6.45, 7) is 6.57. The molecule has 1 unspecified atom stereocenters. The second-order valence-electron chi connectivity index (χ2n) is 4.42. The van der Waals surface area contributed by atoms with Gasteiger partial charge in [0, 0.05) is 12.1 Å². The summed E-state index contributed by atoms with van der Waals surface area (Å²) in [5, 5.41) is 10.3. The van der Waals surface area contributed by atoms with Crippen LogP contribution >= 0.6 is 11.6 Å². The molecule has 0 aliphatic rings. The quantitative estimate of drug-likeness (QED) is 0.340. The molecule has 0 fully saturated rings. The van der Waals surface area contributed by atoms with Crippen LogP contribution in [0, 0.1) is 15.9 Å². The Bertz CT molecular complexity index is 675. The number of nitro benzene ring substituents is 1. The summed E-state index contributed by atoms with van der Waals surface area (Å²) >= 11 is 5.70. The molecule has 0 bridgehead atoms. The number of benzene rings is 1. The number of rotatable bonds is 6. The summed E-state index contributed by atoms with van der Waals surface area (Å²) in [7, 11) is 0. The van der Waals surface area contributed by atoms with Gasteiger partial charge in [-0.1, -0.05) is 18.2 Å². The molecular formula is C14H13ClFNO6. The average molecular weight is 346 g/mol. The molecule has 0 heterocycles. The Morgan fingerprint density at radius 1 is 1.48 bits per heavy atom. The summed E-state index contributed by atoms with van der Waals surface area (Å²) in [6.07, 6.45) is -1.40. The van der Waals surface area contributed by atoms with Crippen molar-refractivity contribution < 1.29 is 28.4 Å². The van der Waals surface area contributed by atoms with Gasteiger partial charge in [-0.15, -0.1) is 0 Å². The predicted octanol–water partition coefficient (Wildman–Crippen LogP) is 3.05. The number of carbonyl (C=O) groups excluding carboxylic acids is 2. The monoisotopic (exact) mass is 345 g/mol. The van der Waals surface area contributed by atoms with Gasteiger partial charge in [0.2, 0.25) is 11.9 Å². The Balaban J connectivity index is 3.13. The topological polar surface area (TPSA) is 95.7 Å². The number of hydrogen-bond acceptors (Lipinski definition) is 6. The first kappa shape index (κ1) is 18.6. The molecule has 0 spiro atoms. The van der Waals surface area contributed by atoms with Crippen molar-refractivity contribution in [3.8, 4) is 0 Å². The molecule has 0 aromatic heterocycles. The smallest absolute Gasteiger partial charge is 0.351 e. The highest BCUT2D eigenvalue weighted by atomic mass is 35.5. The van der Waals surface area contributed by atoms with E-state index in [0.717, 1.165) is 0 Å². The van der Waals surface area contributed by atoms with Crippen LogP contribution in [0.2, 0.25) is 5.02 Å². The van der Waals surface area contributed by atoms with Gasteiger partial charge in [-0.3, -0.25) is 10.1 Å². The molecule has 0 saturated carbocycles. The third-order valence-corrected chi connectivity index (χ3v) is 2.94. The van der Waals surface area contributed by atoms with Crippen LogP contribution in [0.1, 0.15) is 24.2 Å². The van der Waals surface area contributed by atoms with E-state index in [0.29, 0.717) is 12.1 Å². The lowest BCUT2D eigenvalue weighted by atomic mass is 10.1. The van der Waals surface area contributed by atoms with E-state index in [2.05, 4.69) is 6.58 Å². The molecule has 1 rings (SSSR count). The maximum atomic E-state index is 13.4. The molecule has 0 aliphatic carbocycles. The normalized spacial score (nSPS) is 11.5. The second kappa shape index (κ2) is 7.68. The van der Waals surface area contributed by atoms with Crippen LogP contribution < -0.4 is 0 Å². The molecule has 7 nitrogen and oxygen atoms in total. The lowest BCUT2D eigenvalue weighted by Gasteiger charge is -2.16. The number of nitro groups is 1. The lowest BCUT2D eigenvalue weighted by Crippen LogP contribution is -2.30. The maximum absolute atomic E-state index is 13.4. The van der Waals surface area contributed by atoms with Crippen molar-refractivity contribution in [1.29, 1.82) is 0 Å². The molecule has 0 saturated heterocycles. The average Bonchev–Trinajstić information content (AvgIpc) is 2.43. The van der Waals surface area contributed by atoms with Crippen LogP contribution in [0.3, 0.4) is 0 Å². The Labute approximate surface area is 135 Å². The van der Waals surface area contributed by atoms with E-state index >= 15 is 0 Å². The van der Waals surface area contributed by atoms with Gasteiger partial charge in [-0.2, -0.15) is 4.39 Å². The SMILES string of the molecule is C=C(C)C(OC(=O)c1cc([N+](=O)[O-])c(F)cc1Cl)C(=O)OCC. The Kier molecular flexibility index (Phi) is 6.20. The summed E-state index contributed by atoms with van der Waals surface area (Å²) in [6, 6.07) is 1.26. The van der Waals surface area contributed by atoms with E-state index < -0.39 is 40.0 Å². The molecule has 1 aromatic carbocycles. The molecule has 124 valence electrons. The molecule has 23 heavy (non-hydrogen) atoms. The summed E-state index contributed by atoms with van der Waals surface area (Å²) < 4.78 is 23.1. The van der Waals surface area contributed by atoms with Gasteiger partial charge in [-0.05, 0) is 19.4 Å². The molecule has 1 aromatic rings. The van der Waals surface area contributed by atoms with Crippen LogP contribution in [0.5, 0.6) is 0 Å². The van der Waals surface area contributed by atoms with E-state index in [1.807, 2.05) is 0 Å². The molecule has 0 aliphatic heterocycles. The van der Waals surface area contributed by atoms with Crippen LogP contribution in [0.4, 0.5) is 10.1 Å². The molecule has 0 N–H and O–H groups in total. The highest BCUT2D eigenvalue weighted by Crippen LogP contribution is 2.27. The van der Waals surface area contributed by atoms with Crippen molar-refractivity contribution in [2.45, 2.75) is 20.0 Å². The Morgan fingerprint density at radius 2 is 2.09 bits per heavy atom. The summed E-state index contributed by atoms with van der Waals surface area (Å²) in [5.74, 6) is -3.18. The fourth-order valence-electron chi connectivity index (χ4n) is 1.57. The van der Waals surface area contributed by atoms with Gasteiger partial charge in [-0.25, -0.2) is 9.59 Å². The molecule has 1 atom stereocenters. The van der Waals surface area contributed by atoms with E-state index in [4.69, 9.17) is 21.1 Å². The third-order valence-electron chi connectivity index (χ3n) is 2.63. The largest absolute Gasteiger partial charge is 0.463 e. The first-order valence-electron chi connectivity index (χ1n) is 6.35. The summed E-state index contributed by atoms with van der Waals surface area (Å²) in [5.41, 5.74) is -1.20. The first-order chi connectivity index (χ1) is 10.7. The third kappa shape index (κ3) is 4.49. The predicted molar refractivity (Wildman–Crippen MR) is 78.7 cm³/mol. The zero-order valence-corrected chi connectivity index (χ0v) is 13.1. The number of carbonyl (C=O) groups is 2. The molecule has 0 radical (unpaired) electrons. The highest BCUT2D eigenvalue weighted by molar-refractivity contribution is 6.33. The number of nitrogens with zero attached hydrogens (tertiary/aromatic N) is 1. The Hall–Kier alpha value is -2.48. The minimum absolute atomic E-state index is 0.0585. The molecule has 0 amide bonds. The number of hydrogen-bond donors (Lipinski definition) is 0. The van der Waals surface area contributed by atoms with Gasteiger partial charge in [0.25, 0.3) is 0 Å². The van der Waals surface area contributed by atoms with Crippen molar-refractivity contribution in [2.24, 2.45) is 0 Å². The van der Waals surface area contributed by atoms with E-state index in [-0.39, 0.29) is 17.2 Å². The van der Waals surface area contributed by atoms with Crippen LogP contribution in [0.15, 0.2) is 24.3 Å². The summed E-state index contributed by atoms with van der Waals surface area (Å²) in [4.78, 5) is 33.5.